The average Bonchev–Trinajstić information content (AvgIpc) is 2.64. The summed E-state index contributed by atoms with van der Waals surface area (Å²) in [6.45, 7) is 8.07. The predicted molar refractivity (Wildman–Crippen MR) is 107 cm³/mol. The number of carbonyl (C=O) groups excluding carboxylic acids is 2. The maximum absolute atomic E-state index is 12.2. The third kappa shape index (κ3) is 5.49. The topological polar surface area (TPSA) is 90.8 Å². The second-order valence-corrected chi connectivity index (χ2v) is 6.84. The maximum atomic E-state index is 12.2. The minimum atomic E-state index is -0.566. The number of rotatable bonds is 5. The van der Waals surface area contributed by atoms with Gasteiger partial charge in [0.15, 0.2) is 0 Å². The van der Waals surface area contributed by atoms with Crippen LogP contribution in [-0.4, -0.2) is 23.4 Å². The molecule has 6 heteroatoms. The molecule has 1 unspecified atom stereocenters. The Kier molecular flexibility index (Phi) is 6.85. The van der Waals surface area contributed by atoms with Crippen molar-refractivity contribution in [2.45, 2.75) is 33.6 Å². The van der Waals surface area contributed by atoms with E-state index in [-0.39, 0.29) is 11.8 Å². The molecule has 0 radical (unpaired) electrons. The summed E-state index contributed by atoms with van der Waals surface area (Å²) < 4.78 is 0. The molecule has 1 atom stereocenters. The molecule has 3 amide bonds. The lowest BCUT2D eigenvalue weighted by molar-refractivity contribution is 0.0706. The number of aryl methyl sites for hydroxylation is 2. The number of benzene rings is 2. The molecule has 0 fully saturated rings. The van der Waals surface area contributed by atoms with E-state index in [1.165, 1.54) is 0 Å². The summed E-state index contributed by atoms with van der Waals surface area (Å²) >= 11 is 0. The second-order valence-electron chi connectivity index (χ2n) is 6.84. The number of hydrogen-bond acceptors (Lipinski definition) is 3. The molecular weight excluding hydrogens is 342 g/mol. The SMILES string of the molecule is Cc1ccc(NC(=O)/N=C/C(c2ccc(C(=O)NO)cc2)C(C)C)cc1C. The molecule has 0 aromatic heterocycles. The van der Waals surface area contributed by atoms with Gasteiger partial charge in [-0.1, -0.05) is 32.0 Å². The Morgan fingerprint density at radius 2 is 1.70 bits per heavy atom. The van der Waals surface area contributed by atoms with Crippen molar-refractivity contribution >= 4 is 23.8 Å². The van der Waals surface area contributed by atoms with Gasteiger partial charge in [0.2, 0.25) is 0 Å². The summed E-state index contributed by atoms with van der Waals surface area (Å²) in [6, 6.07) is 12.1. The first-order valence-corrected chi connectivity index (χ1v) is 8.78. The molecular formula is C21H25N3O3. The number of anilines is 1. The number of hydroxylamine groups is 1. The third-order valence-electron chi connectivity index (χ3n) is 4.49. The maximum Gasteiger partial charge on any atom is 0.345 e. The van der Waals surface area contributed by atoms with Crippen LogP contribution in [0.2, 0.25) is 0 Å². The van der Waals surface area contributed by atoms with Crippen molar-refractivity contribution in [3.8, 4) is 0 Å². The summed E-state index contributed by atoms with van der Waals surface area (Å²) in [7, 11) is 0. The van der Waals surface area contributed by atoms with E-state index in [2.05, 4.69) is 10.3 Å². The molecule has 2 aromatic rings. The highest BCUT2D eigenvalue weighted by Crippen LogP contribution is 2.23. The van der Waals surface area contributed by atoms with E-state index in [0.29, 0.717) is 11.3 Å². The second kappa shape index (κ2) is 9.09. The molecule has 2 aromatic carbocycles. The van der Waals surface area contributed by atoms with Gasteiger partial charge in [-0.3, -0.25) is 10.0 Å². The molecule has 142 valence electrons. The van der Waals surface area contributed by atoms with Gasteiger partial charge < -0.3 is 5.32 Å². The van der Waals surface area contributed by atoms with Crippen LogP contribution in [0.25, 0.3) is 0 Å². The molecule has 0 aliphatic heterocycles. The van der Waals surface area contributed by atoms with Crippen molar-refractivity contribution in [2.75, 3.05) is 5.32 Å². The van der Waals surface area contributed by atoms with Gasteiger partial charge in [0, 0.05) is 23.4 Å². The van der Waals surface area contributed by atoms with Gasteiger partial charge in [0.1, 0.15) is 0 Å². The zero-order chi connectivity index (χ0) is 20.0. The van der Waals surface area contributed by atoms with Crippen LogP contribution in [0.5, 0.6) is 0 Å². The van der Waals surface area contributed by atoms with Crippen LogP contribution in [0.3, 0.4) is 0 Å². The van der Waals surface area contributed by atoms with Gasteiger partial charge in [-0.25, -0.2) is 15.3 Å². The molecule has 0 spiro atoms. The van der Waals surface area contributed by atoms with Crippen molar-refractivity contribution < 1.29 is 14.8 Å². The first kappa shape index (κ1) is 20.3. The highest BCUT2D eigenvalue weighted by Gasteiger charge is 2.15. The number of hydrogen-bond donors (Lipinski definition) is 3. The Balaban J connectivity index is 2.11. The fourth-order valence-corrected chi connectivity index (χ4v) is 2.69. The Labute approximate surface area is 159 Å². The summed E-state index contributed by atoms with van der Waals surface area (Å²) in [5.41, 5.74) is 5.86. The zero-order valence-corrected chi connectivity index (χ0v) is 16.0. The van der Waals surface area contributed by atoms with Crippen molar-refractivity contribution in [3.05, 3.63) is 64.7 Å². The van der Waals surface area contributed by atoms with E-state index >= 15 is 0 Å². The Hall–Kier alpha value is -2.99. The average molecular weight is 367 g/mol. The van der Waals surface area contributed by atoms with E-state index in [1.807, 2.05) is 45.9 Å². The molecule has 0 bridgehead atoms. The number of aliphatic imine (C=N–C) groups is 1. The fourth-order valence-electron chi connectivity index (χ4n) is 2.69. The highest BCUT2D eigenvalue weighted by molar-refractivity contribution is 5.96. The molecule has 3 N–H and O–H groups in total. The van der Waals surface area contributed by atoms with Crippen LogP contribution in [-0.2, 0) is 0 Å². The van der Waals surface area contributed by atoms with Crippen molar-refractivity contribution in [1.29, 1.82) is 0 Å². The molecule has 0 saturated heterocycles. The molecule has 0 aliphatic carbocycles. The summed E-state index contributed by atoms with van der Waals surface area (Å²) in [6.07, 6.45) is 1.63. The van der Waals surface area contributed by atoms with Crippen LogP contribution < -0.4 is 10.8 Å². The van der Waals surface area contributed by atoms with E-state index in [0.717, 1.165) is 16.7 Å². The van der Waals surface area contributed by atoms with Gasteiger partial charge in [-0.15, -0.1) is 0 Å². The van der Waals surface area contributed by atoms with Crippen LogP contribution in [0.15, 0.2) is 47.5 Å². The van der Waals surface area contributed by atoms with Gasteiger partial charge >= 0.3 is 6.03 Å². The number of nitrogens with zero attached hydrogens (tertiary/aromatic N) is 1. The third-order valence-corrected chi connectivity index (χ3v) is 4.49. The monoisotopic (exact) mass is 367 g/mol. The van der Waals surface area contributed by atoms with Gasteiger partial charge in [0.05, 0.1) is 0 Å². The summed E-state index contributed by atoms with van der Waals surface area (Å²) in [4.78, 5) is 27.6. The van der Waals surface area contributed by atoms with Crippen LogP contribution in [0.1, 0.15) is 46.8 Å². The molecule has 2 rings (SSSR count). The fraction of sp³-hybridized carbons (Fsp3) is 0.286. The summed E-state index contributed by atoms with van der Waals surface area (Å²) in [5.74, 6) is -0.438. The minimum absolute atomic E-state index is 0.0817. The summed E-state index contributed by atoms with van der Waals surface area (Å²) in [5, 5.41) is 11.5. The number of carbonyl (C=O) groups is 2. The smallest absolute Gasteiger partial charge is 0.306 e. The van der Waals surface area contributed by atoms with Crippen LogP contribution in [0, 0.1) is 19.8 Å². The van der Waals surface area contributed by atoms with E-state index in [1.54, 1.807) is 36.0 Å². The zero-order valence-electron chi connectivity index (χ0n) is 16.0. The molecule has 0 heterocycles. The minimum Gasteiger partial charge on any atom is -0.306 e. The molecule has 27 heavy (non-hydrogen) atoms. The van der Waals surface area contributed by atoms with E-state index in [4.69, 9.17) is 5.21 Å². The Bertz CT molecular complexity index is 842. The van der Waals surface area contributed by atoms with E-state index in [9.17, 15) is 9.59 Å². The molecule has 0 aliphatic rings. The van der Waals surface area contributed by atoms with Gasteiger partial charge in [-0.2, -0.15) is 0 Å². The molecule has 6 nitrogen and oxygen atoms in total. The largest absolute Gasteiger partial charge is 0.345 e. The Morgan fingerprint density at radius 1 is 1.04 bits per heavy atom. The lowest BCUT2D eigenvalue weighted by Crippen LogP contribution is -2.18. The Morgan fingerprint density at radius 3 is 2.26 bits per heavy atom. The number of urea groups is 1. The van der Waals surface area contributed by atoms with Crippen molar-refractivity contribution in [3.63, 3.8) is 0 Å². The van der Waals surface area contributed by atoms with E-state index < -0.39 is 11.9 Å². The number of amides is 3. The van der Waals surface area contributed by atoms with Gasteiger partial charge in [0.25, 0.3) is 5.91 Å². The van der Waals surface area contributed by atoms with Crippen molar-refractivity contribution in [2.24, 2.45) is 10.9 Å². The predicted octanol–water partition coefficient (Wildman–Crippen LogP) is 4.46. The first-order chi connectivity index (χ1) is 12.8. The highest BCUT2D eigenvalue weighted by atomic mass is 16.5. The standard InChI is InChI=1S/C21H25N3O3/c1-13(2)19(16-6-8-17(9-7-16)20(25)24-27)12-22-21(26)23-18-10-5-14(3)15(4)11-18/h5-13,19,27H,1-4H3,(H,23,26)(H,24,25)/b22-12+. The normalized spacial score (nSPS) is 12.2. The lowest BCUT2D eigenvalue weighted by Gasteiger charge is -2.17. The van der Waals surface area contributed by atoms with Crippen LogP contribution in [0.4, 0.5) is 10.5 Å². The van der Waals surface area contributed by atoms with Crippen molar-refractivity contribution in [1.82, 2.24) is 5.48 Å². The van der Waals surface area contributed by atoms with Gasteiger partial charge in [-0.05, 0) is 60.7 Å². The van der Waals surface area contributed by atoms with Crippen LogP contribution >= 0.6 is 0 Å². The lowest BCUT2D eigenvalue weighted by atomic mass is 9.89. The number of nitrogens with one attached hydrogen (secondary N) is 2. The quantitative estimate of drug-likeness (QED) is 0.414. The first-order valence-electron chi connectivity index (χ1n) is 8.78. The molecule has 0 saturated carbocycles.